The molecule has 0 spiro atoms. The molecule has 0 N–H and O–H groups in total. The zero-order valence-corrected chi connectivity index (χ0v) is 44.8. The van der Waals surface area contributed by atoms with E-state index < -0.39 is 0 Å². The molecule has 0 amide bonds. The van der Waals surface area contributed by atoms with Gasteiger partial charge in [-0.1, -0.05) is 227 Å². The minimum atomic E-state index is -0.214. The molecule has 80 heavy (non-hydrogen) atoms. The van der Waals surface area contributed by atoms with Crippen LogP contribution in [0.2, 0.25) is 0 Å². The molecule has 2 aliphatic heterocycles. The number of nitrogens with zero attached hydrogens (tertiary/aromatic N) is 2. The fourth-order valence-electron chi connectivity index (χ4n) is 13.3. The Hall–Kier alpha value is -9.90. The molecular weight excluding hydrogens is 968 g/mol. The van der Waals surface area contributed by atoms with Crippen LogP contribution in [0.25, 0.3) is 116 Å². The average molecular weight is 1020 g/mol. The van der Waals surface area contributed by atoms with Crippen molar-refractivity contribution in [2.24, 2.45) is 0 Å². The van der Waals surface area contributed by atoms with Crippen molar-refractivity contribution >= 4 is 83.9 Å². The van der Waals surface area contributed by atoms with Gasteiger partial charge in [-0.2, -0.15) is 0 Å². The van der Waals surface area contributed by atoms with Gasteiger partial charge in [0.15, 0.2) is 0 Å². The summed E-state index contributed by atoms with van der Waals surface area (Å²) >= 11 is 0. The summed E-state index contributed by atoms with van der Waals surface area (Å²) in [5.74, 6) is 0. The number of benzene rings is 12. The molecule has 14 aromatic rings. The molecule has 0 bridgehead atoms. The number of fused-ring (bicyclic) bond motifs is 10. The Labute approximate surface area is 466 Å². The second kappa shape index (κ2) is 17.8. The minimum absolute atomic E-state index is 0.159. The maximum absolute atomic E-state index is 6.96. The van der Waals surface area contributed by atoms with Crippen LogP contribution in [0.4, 0.5) is 17.1 Å². The van der Waals surface area contributed by atoms with Gasteiger partial charge < -0.3 is 13.9 Å². The first kappa shape index (κ1) is 46.2. The zero-order valence-electron chi connectivity index (χ0n) is 44.8. The van der Waals surface area contributed by atoms with Gasteiger partial charge >= 0.3 is 0 Å². The van der Waals surface area contributed by atoms with E-state index in [0.717, 1.165) is 55.6 Å². The van der Waals surface area contributed by atoms with Crippen molar-refractivity contribution in [1.82, 2.24) is 4.57 Å². The predicted octanol–water partition coefficient (Wildman–Crippen LogP) is 18.6. The van der Waals surface area contributed by atoms with Crippen LogP contribution in [0.15, 0.2) is 271 Å². The van der Waals surface area contributed by atoms with Crippen molar-refractivity contribution in [2.45, 2.75) is 26.2 Å². The molecule has 2 aromatic heterocycles. The highest BCUT2D eigenvalue weighted by Gasteiger charge is 2.45. The molecule has 0 atom stereocenters. The fraction of sp³-hybridized carbons (Fsp3) is 0.0526. The molecule has 2 aliphatic rings. The Morgan fingerprint density at radius 2 is 0.850 bits per heavy atom. The first-order chi connectivity index (χ1) is 39.3. The monoisotopic (exact) mass is 1020 g/mol. The smallest absolute Gasteiger partial charge is 0.252 e. The molecule has 0 saturated carbocycles. The predicted molar refractivity (Wildman–Crippen MR) is 339 cm³/mol. The molecule has 3 nitrogen and oxygen atoms in total. The Balaban J connectivity index is 1.07. The first-order valence-electron chi connectivity index (χ1n) is 27.9. The highest BCUT2D eigenvalue weighted by Crippen LogP contribution is 2.52. The van der Waals surface area contributed by atoms with E-state index in [1.165, 1.54) is 99.6 Å². The summed E-state index contributed by atoms with van der Waals surface area (Å²) in [5, 5.41) is 4.69. The lowest BCUT2D eigenvalue weighted by Crippen LogP contribution is -2.60. The van der Waals surface area contributed by atoms with Gasteiger partial charge in [-0.25, -0.2) is 0 Å². The molecule has 4 heterocycles. The molecule has 0 aliphatic carbocycles. The first-order valence-corrected chi connectivity index (χ1v) is 27.9. The largest absolute Gasteiger partial charge is 0.456 e. The number of para-hydroxylation sites is 2. The quantitative estimate of drug-likeness (QED) is 0.148. The van der Waals surface area contributed by atoms with E-state index in [1.54, 1.807) is 0 Å². The molecule has 4 heteroatoms. The second-order valence-corrected chi connectivity index (χ2v) is 22.8. The summed E-state index contributed by atoms with van der Waals surface area (Å²) in [6.45, 7) is 6.93. The van der Waals surface area contributed by atoms with Crippen LogP contribution in [0.1, 0.15) is 26.3 Å². The number of furan rings is 1. The van der Waals surface area contributed by atoms with E-state index in [2.05, 4.69) is 297 Å². The number of aromatic nitrogens is 1. The third-order valence-corrected chi connectivity index (χ3v) is 17.1. The van der Waals surface area contributed by atoms with Gasteiger partial charge in [0, 0.05) is 55.3 Å². The number of rotatable bonds is 7. The van der Waals surface area contributed by atoms with E-state index >= 15 is 0 Å². The number of hydrogen-bond donors (Lipinski definition) is 0. The molecule has 376 valence electrons. The fourth-order valence-corrected chi connectivity index (χ4v) is 13.3. The van der Waals surface area contributed by atoms with Crippen LogP contribution in [0, 0.1) is 0 Å². The lowest BCUT2D eigenvalue weighted by atomic mass is 9.33. The maximum atomic E-state index is 6.96. The van der Waals surface area contributed by atoms with Gasteiger partial charge in [0.1, 0.15) is 11.2 Å². The summed E-state index contributed by atoms with van der Waals surface area (Å²) in [5.41, 5.74) is 27.8. The average Bonchev–Trinajstić information content (AvgIpc) is 3.50. The third-order valence-electron chi connectivity index (χ3n) is 17.1. The van der Waals surface area contributed by atoms with Crippen molar-refractivity contribution in [3.05, 3.63) is 272 Å². The zero-order chi connectivity index (χ0) is 53.2. The van der Waals surface area contributed by atoms with Crippen LogP contribution in [-0.4, -0.2) is 11.3 Å². The van der Waals surface area contributed by atoms with E-state index in [9.17, 15) is 0 Å². The lowest BCUT2D eigenvalue weighted by Gasteiger charge is -2.42. The van der Waals surface area contributed by atoms with Crippen molar-refractivity contribution < 1.29 is 4.42 Å². The van der Waals surface area contributed by atoms with Gasteiger partial charge in [-0.15, -0.1) is 0 Å². The summed E-state index contributed by atoms with van der Waals surface area (Å²) < 4.78 is 9.59. The number of anilines is 3. The van der Waals surface area contributed by atoms with E-state index in [4.69, 9.17) is 4.42 Å². The highest BCUT2D eigenvalue weighted by atomic mass is 16.3. The molecular formula is C76H53BN2O. The minimum Gasteiger partial charge on any atom is -0.456 e. The Morgan fingerprint density at radius 1 is 0.338 bits per heavy atom. The topological polar surface area (TPSA) is 21.3 Å². The Morgan fingerprint density at radius 3 is 1.46 bits per heavy atom. The normalized spacial score (nSPS) is 12.6. The van der Waals surface area contributed by atoms with Crippen LogP contribution < -0.4 is 21.3 Å². The lowest BCUT2D eigenvalue weighted by molar-refractivity contribution is 0.590. The Bertz CT molecular complexity index is 4700. The summed E-state index contributed by atoms with van der Waals surface area (Å²) in [6.07, 6.45) is 0. The Kier molecular flexibility index (Phi) is 10.3. The van der Waals surface area contributed by atoms with Gasteiger partial charge in [0.25, 0.3) is 6.71 Å². The molecule has 0 fully saturated rings. The summed E-state index contributed by atoms with van der Waals surface area (Å²) in [6, 6.07) is 99.1. The van der Waals surface area contributed by atoms with Gasteiger partial charge in [-0.05, 0) is 144 Å². The van der Waals surface area contributed by atoms with E-state index in [1.807, 2.05) is 0 Å². The van der Waals surface area contributed by atoms with Crippen LogP contribution in [-0.2, 0) is 5.41 Å². The SMILES string of the molecule is CC(C)(C)c1cc2c3c(c1)-n1c4ccc(-c5ccccc5)cc4c4cc(-c5ccccc5)cc(c41)B3c1cc3oc4ccccc4c3cc1N2c1c(-c2cccc(-c3ccccc3)c2)cccc1-c1cccc(-c2ccccc2)c1. The van der Waals surface area contributed by atoms with Gasteiger partial charge in [-0.3, -0.25) is 0 Å². The number of hydrogen-bond acceptors (Lipinski definition) is 2. The van der Waals surface area contributed by atoms with Crippen molar-refractivity contribution in [3.8, 4) is 72.4 Å². The summed E-state index contributed by atoms with van der Waals surface area (Å²) in [7, 11) is 0. The molecule has 16 rings (SSSR count). The molecule has 0 saturated heterocycles. The summed E-state index contributed by atoms with van der Waals surface area (Å²) in [4.78, 5) is 2.67. The standard InChI is InChI=1S/C76H53BN2O/c1-76(2,3)58-44-69-73-70(45-58)79(74-59(55-31-18-29-52(39-55)48-21-8-4-9-22-48)34-20-35-60(74)56-32-19-30-53(40-56)49-23-10-5-11-24-49)68-46-63-61-33-16-17-36-71(61)80-72(63)47-65(68)77(73)66-43-57(51-27-14-7-15-28-51)42-64-62-41-54(50-25-12-6-13-26-50)37-38-67(62)78(69)75(64)66/h4-47H,1-3H3. The van der Waals surface area contributed by atoms with Crippen LogP contribution in [0.3, 0.4) is 0 Å². The van der Waals surface area contributed by atoms with Gasteiger partial charge in [0.05, 0.1) is 11.2 Å². The highest BCUT2D eigenvalue weighted by molar-refractivity contribution is 7.00. The molecule has 12 aromatic carbocycles. The molecule has 0 radical (unpaired) electrons. The van der Waals surface area contributed by atoms with Gasteiger partial charge in [0.2, 0.25) is 0 Å². The maximum Gasteiger partial charge on any atom is 0.252 e. The second-order valence-electron chi connectivity index (χ2n) is 22.8. The third kappa shape index (κ3) is 7.22. The van der Waals surface area contributed by atoms with Crippen molar-refractivity contribution in [2.75, 3.05) is 4.90 Å². The molecule has 0 unspecified atom stereocenters. The van der Waals surface area contributed by atoms with Crippen molar-refractivity contribution in [1.29, 1.82) is 0 Å². The van der Waals surface area contributed by atoms with Crippen LogP contribution in [0.5, 0.6) is 0 Å². The van der Waals surface area contributed by atoms with Crippen LogP contribution >= 0.6 is 0 Å². The van der Waals surface area contributed by atoms with E-state index in [-0.39, 0.29) is 12.1 Å². The van der Waals surface area contributed by atoms with E-state index in [0.29, 0.717) is 0 Å². The van der Waals surface area contributed by atoms with Crippen molar-refractivity contribution in [3.63, 3.8) is 0 Å².